The van der Waals surface area contributed by atoms with Gasteiger partial charge in [0.05, 0.1) is 17.8 Å². The Bertz CT molecular complexity index is 991. The van der Waals surface area contributed by atoms with Gasteiger partial charge in [-0.25, -0.2) is 4.68 Å². The van der Waals surface area contributed by atoms with Crippen molar-refractivity contribution in [1.82, 2.24) is 14.7 Å². The molecule has 0 saturated carbocycles. The molecular weight excluding hydrogens is 358 g/mol. The highest BCUT2D eigenvalue weighted by atomic mass is 35.5. The summed E-state index contributed by atoms with van der Waals surface area (Å²) in [4.78, 5) is 14.9. The highest BCUT2D eigenvalue weighted by Gasteiger charge is 2.23. The van der Waals surface area contributed by atoms with Gasteiger partial charge in [-0.3, -0.25) is 4.79 Å². The van der Waals surface area contributed by atoms with Crippen LogP contribution in [-0.4, -0.2) is 27.1 Å². The lowest BCUT2D eigenvalue weighted by molar-refractivity contribution is -0.131. The zero-order valence-electron chi connectivity index (χ0n) is 15.6. The smallest absolute Gasteiger partial charge is 0.227 e. The number of fused-ring (bicyclic) bond motifs is 1. The first-order chi connectivity index (χ1) is 13.0. The zero-order chi connectivity index (χ0) is 19.0. The van der Waals surface area contributed by atoms with E-state index in [0.717, 1.165) is 35.6 Å². The van der Waals surface area contributed by atoms with Gasteiger partial charge in [-0.2, -0.15) is 5.10 Å². The Morgan fingerprint density at radius 1 is 1.07 bits per heavy atom. The Morgan fingerprint density at radius 3 is 2.52 bits per heavy atom. The molecule has 4 nitrogen and oxygen atoms in total. The van der Waals surface area contributed by atoms with Gasteiger partial charge in [0, 0.05) is 29.4 Å². The van der Waals surface area contributed by atoms with E-state index in [9.17, 15) is 4.79 Å². The van der Waals surface area contributed by atoms with Gasteiger partial charge < -0.3 is 4.90 Å². The van der Waals surface area contributed by atoms with E-state index < -0.39 is 0 Å². The molecule has 0 fully saturated rings. The number of hydrogen-bond donors (Lipinski definition) is 0. The van der Waals surface area contributed by atoms with Crippen molar-refractivity contribution < 1.29 is 4.79 Å². The first-order valence-electron chi connectivity index (χ1n) is 9.18. The minimum Gasteiger partial charge on any atom is -0.338 e. The van der Waals surface area contributed by atoms with Crippen molar-refractivity contribution in [2.45, 2.75) is 33.2 Å². The van der Waals surface area contributed by atoms with Gasteiger partial charge in [0.1, 0.15) is 0 Å². The van der Waals surface area contributed by atoms with Crippen LogP contribution in [0.1, 0.15) is 28.1 Å². The van der Waals surface area contributed by atoms with Crippen molar-refractivity contribution in [3.8, 4) is 5.69 Å². The molecule has 2 aromatic carbocycles. The summed E-state index contributed by atoms with van der Waals surface area (Å²) < 4.78 is 1.89. The molecule has 0 atom stereocenters. The van der Waals surface area contributed by atoms with Crippen LogP contribution < -0.4 is 0 Å². The molecule has 2 heterocycles. The number of amides is 1. The maximum absolute atomic E-state index is 12.9. The Labute approximate surface area is 164 Å². The van der Waals surface area contributed by atoms with E-state index in [1.165, 1.54) is 11.1 Å². The molecule has 138 valence electrons. The second-order valence-electron chi connectivity index (χ2n) is 7.05. The maximum atomic E-state index is 12.9. The molecule has 0 aliphatic carbocycles. The average Bonchev–Trinajstić information content (AvgIpc) is 2.96. The third-order valence-electron chi connectivity index (χ3n) is 5.32. The predicted octanol–water partition coefficient (Wildman–Crippen LogP) is 4.27. The molecule has 0 bridgehead atoms. The van der Waals surface area contributed by atoms with Crippen LogP contribution >= 0.6 is 11.6 Å². The molecule has 1 aliphatic rings. The van der Waals surface area contributed by atoms with Crippen LogP contribution in [0.15, 0.2) is 48.5 Å². The number of rotatable bonds is 3. The Balaban J connectivity index is 1.55. The fraction of sp³-hybridized carbons (Fsp3) is 0.273. The van der Waals surface area contributed by atoms with Crippen molar-refractivity contribution in [1.29, 1.82) is 0 Å². The van der Waals surface area contributed by atoms with Crippen LogP contribution in [0.25, 0.3) is 5.69 Å². The second kappa shape index (κ2) is 7.20. The van der Waals surface area contributed by atoms with E-state index in [0.29, 0.717) is 18.0 Å². The largest absolute Gasteiger partial charge is 0.338 e. The van der Waals surface area contributed by atoms with Crippen LogP contribution in [-0.2, 0) is 24.2 Å². The van der Waals surface area contributed by atoms with Gasteiger partial charge >= 0.3 is 0 Å². The zero-order valence-corrected chi connectivity index (χ0v) is 16.3. The summed E-state index contributed by atoms with van der Waals surface area (Å²) in [6.07, 6.45) is 1.30. The Hall–Kier alpha value is -2.59. The lowest BCUT2D eigenvalue weighted by Gasteiger charge is -2.29. The molecule has 1 amide bonds. The van der Waals surface area contributed by atoms with Gasteiger partial charge in [0.15, 0.2) is 0 Å². The van der Waals surface area contributed by atoms with E-state index in [4.69, 9.17) is 11.6 Å². The van der Waals surface area contributed by atoms with Gasteiger partial charge in [-0.05, 0) is 55.7 Å². The average molecular weight is 380 g/mol. The Kier molecular flexibility index (Phi) is 4.75. The number of carbonyl (C=O) groups is 1. The molecule has 4 rings (SSSR count). The lowest BCUT2D eigenvalue weighted by Crippen LogP contribution is -2.37. The van der Waals surface area contributed by atoms with E-state index in [1.54, 1.807) is 0 Å². The van der Waals surface area contributed by atoms with Gasteiger partial charge in [-0.1, -0.05) is 35.9 Å². The van der Waals surface area contributed by atoms with Crippen molar-refractivity contribution >= 4 is 17.5 Å². The molecule has 3 aromatic rings. The summed E-state index contributed by atoms with van der Waals surface area (Å²) in [5.74, 6) is 0.159. The number of halogens is 1. The second-order valence-corrected chi connectivity index (χ2v) is 7.48. The monoisotopic (exact) mass is 379 g/mol. The molecule has 0 N–H and O–H groups in total. The topological polar surface area (TPSA) is 38.1 Å². The van der Waals surface area contributed by atoms with Crippen LogP contribution in [0.4, 0.5) is 0 Å². The number of nitrogens with zero attached hydrogens (tertiary/aromatic N) is 3. The maximum Gasteiger partial charge on any atom is 0.227 e. The van der Waals surface area contributed by atoms with E-state index in [-0.39, 0.29) is 5.91 Å². The SMILES string of the molecule is Cc1nn(-c2ccc(Cl)cc2)c(C)c1CC(=O)N1CCc2ccccc2C1. The quantitative estimate of drug-likeness (QED) is 0.681. The van der Waals surface area contributed by atoms with Crippen molar-refractivity contribution in [3.05, 3.63) is 81.6 Å². The van der Waals surface area contributed by atoms with Crippen LogP contribution in [0.3, 0.4) is 0 Å². The van der Waals surface area contributed by atoms with Crippen LogP contribution in [0.2, 0.25) is 5.02 Å². The lowest BCUT2D eigenvalue weighted by atomic mass is 9.99. The number of hydrogen-bond acceptors (Lipinski definition) is 2. The van der Waals surface area contributed by atoms with Crippen molar-refractivity contribution in [2.75, 3.05) is 6.54 Å². The first kappa shape index (κ1) is 17.8. The molecule has 0 spiro atoms. The summed E-state index contributed by atoms with van der Waals surface area (Å²) in [5.41, 5.74) is 6.46. The highest BCUT2D eigenvalue weighted by Crippen LogP contribution is 2.23. The summed E-state index contributed by atoms with van der Waals surface area (Å²) in [7, 11) is 0. The fourth-order valence-electron chi connectivity index (χ4n) is 3.74. The van der Waals surface area contributed by atoms with Crippen molar-refractivity contribution in [3.63, 3.8) is 0 Å². The summed E-state index contributed by atoms with van der Waals surface area (Å²) in [6, 6.07) is 16.0. The van der Waals surface area contributed by atoms with E-state index in [2.05, 4.69) is 23.3 Å². The molecule has 0 saturated heterocycles. The van der Waals surface area contributed by atoms with Gasteiger partial charge in [0.25, 0.3) is 0 Å². The van der Waals surface area contributed by atoms with Gasteiger partial charge in [0.2, 0.25) is 5.91 Å². The first-order valence-corrected chi connectivity index (χ1v) is 9.56. The fourth-order valence-corrected chi connectivity index (χ4v) is 3.86. The number of carbonyl (C=O) groups excluding carboxylic acids is 1. The molecular formula is C22H22ClN3O. The highest BCUT2D eigenvalue weighted by molar-refractivity contribution is 6.30. The molecule has 1 aliphatic heterocycles. The standard InChI is InChI=1S/C22H22ClN3O/c1-15-21(16(2)26(24-15)20-9-7-19(23)8-10-20)13-22(27)25-12-11-17-5-3-4-6-18(17)14-25/h3-10H,11-14H2,1-2H3. The van der Waals surface area contributed by atoms with Crippen molar-refractivity contribution in [2.24, 2.45) is 0 Å². The summed E-state index contributed by atoms with van der Waals surface area (Å²) >= 11 is 5.99. The molecule has 0 unspecified atom stereocenters. The minimum absolute atomic E-state index is 0.159. The number of benzene rings is 2. The Morgan fingerprint density at radius 2 is 1.78 bits per heavy atom. The molecule has 27 heavy (non-hydrogen) atoms. The third kappa shape index (κ3) is 3.50. The molecule has 5 heteroatoms. The minimum atomic E-state index is 0.159. The van der Waals surface area contributed by atoms with Gasteiger partial charge in [-0.15, -0.1) is 0 Å². The molecule has 0 radical (unpaired) electrons. The van der Waals surface area contributed by atoms with Crippen LogP contribution in [0, 0.1) is 13.8 Å². The molecule has 1 aromatic heterocycles. The van der Waals surface area contributed by atoms with Crippen LogP contribution in [0.5, 0.6) is 0 Å². The number of aryl methyl sites for hydroxylation is 1. The summed E-state index contributed by atoms with van der Waals surface area (Å²) in [6.45, 7) is 5.45. The normalized spacial score (nSPS) is 13.5. The summed E-state index contributed by atoms with van der Waals surface area (Å²) in [5, 5.41) is 5.34. The predicted molar refractivity (Wildman–Crippen MR) is 107 cm³/mol. The number of aromatic nitrogens is 2. The van der Waals surface area contributed by atoms with E-state index in [1.807, 2.05) is 53.8 Å². The third-order valence-corrected chi connectivity index (χ3v) is 5.58. The van der Waals surface area contributed by atoms with E-state index >= 15 is 0 Å².